The largest absolute Gasteiger partial charge is 0.394 e. The predicted octanol–water partition coefficient (Wildman–Crippen LogP) is -1.77. The van der Waals surface area contributed by atoms with E-state index in [1.54, 1.807) is 0 Å². The van der Waals surface area contributed by atoms with Crippen molar-refractivity contribution in [2.24, 2.45) is 0 Å². The Bertz CT molecular complexity index is 231. The highest BCUT2D eigenvalue weighted by molar-refractivity contribution is 6.01. The summed E-state index contributed by atoms with van der Waals surface area (Å²) in [4.78, 5) is 24.5. The minimum absolute atomic E-state index is 0.0387. The molecule has 2 N–H and O–H groups in total. The summed E-state index contributed by atoms with van der Waals surface area (Å²) in [5.41, 5.74) is 0. The number of amides is 3. The fraction of sp³-hybridized carbons (Fsp3) is 0.714. The number of hydrogen-bond donors (Lipinski definition) is 2. The molecular formula is C7H12N2O4. The highest BCUT2D eigenvalue weighted by Gasteiger charge is 2.34. The third-order valence-electron chi connectivity index (χ3n) is 1.84. The number of nitrogens with zero attached hydrogens (tertiary/aromatic N) is 2. The van der Waals surface area contributed by atoms with Crippen LogP contribution in [0.4, 0.5) is 4.79 Å². The average molecular weight is 188 g/mol. The van der Waals surface area contributed by atoms with Crippen molar-refractivity contribution in [2.45, 2.75) is 6.10 Å². The summed E-state index contributed by atoms with van der Waals surface area (Å²) in [6, 6.07) is -0.433. The third-order valence-corrected chi connectivity index (χ3v) is 1.84. The molecule has 0 spiro atoms. The summed E-state index contributed by atoms with van der Waals surface area (Å²) in [6.07, 6.45) is -1.06. The molecule has 0 aliphatic carbocycles. The molecule has 0 aromatic rings. The van der Waals surface area contributed by atoms with Crippen LogP contribution in [0.5, 0.6) is 0 Å². The lowest BCUT2D eigenvalue weighted by molar-refractivity contribution is -0.126. The van der Waals surface area contributed by atoms with Gasteiger partial charge in [0, 0.05) is 7.05 Å². The van der Waals surface area contributed by atoms with E-state index >= 15 is 0 Å². The molecular weight excluding hydrogens is 176 g/mol. The Balaban J connectivity index is 2.59. The molecule has 1 rings (SSSR count). The lowest BCUT2D eigenvalue weighted by atomic mass is 10.3. The van der Waals surface area contributed by atoms with Gasteiger partial charge in [0.2, 0.25) is 5.91 Å². The lowest BCUT2D eigenvalue weighted by Gasteiger charge is -2.16. The number of carbonyl (C=O) groups excluding carboxylic acids is 2. The molecule has 0 saturated carbocycles. The van der Waals surface area contributed by atoms with Crippen molar-refractivity contribution in [3.63, 3.8) is 0 Å². The van der Waals surface area contributed by atoms with E-state index in [2.05, 4.69) is 0 Å². The first-order valence-corrected chi connectivity index (χ1v) is 3.90. The normalized spacial score (nSPS) is 19.9. The lowest BCUT2D eigenvalue weighted by Crippen LogP contribution is -2.39. The molecule has 1 atom stereocenters. The Morgan fingerprint density at radius 3 is 2.54 bits per heavy atom. The Kier molecular flexibility index (Phi) is 2.84. The second-order valence-corrected chi connectivity index (χ2v) is 2.98. The molecule has 1 aliphatic rings. The Morgan fingerprint density at radius 1 is 1.54 bits per heavy atom. The Labute approximate surface area is 75.4 Å². The molecule has 0 radical (unpaired) electrons. The number of carbonyl (C=O) groups is 2. The molecule has 0 aromatic heterocycles. The molecule has 1 heterocycles. The zero-order chi connectivity index (χ0) is 10.0. The van der Waals surface area contributed by atoms with E-state index in [4.69, 9.17) is 10.2 Å². The number of urea groups is 1. The molecule has 6 heteroatoms. The maximum Gasteiger partial charge on any atom is 0.327 e. The van der Waals surface area contributed by atoms with Crippen LogP contribution in [-0.4, -0.2) is 64.8 Å². The van der Waals surface area contributed by atoms with Gasteiger partial charge in [-0.25, -0.2) is 4.79 Å². The number of rotatable bonds is 3. The minimum Gasteiger partial charge on any atom is -0.394 e. The van der Waals surface area contributed by atoms with Gasteiger partial charge in [-0.1, -0.05) is 0 Å². The maximum absolute atomic E-state index is 11.2. The van der Waals surface area contributed by atoms with E-state index in [9.17, 15) is 9.59 Å². The Hall–Kier alpha value is -1.14. The first kappa shape index (κ1) is 9.94. The molecule has 1 fully saturated rings. The monoisotopic (exact) mass is 188 g/mol. The molecule has 1 aliphatic heterocycles. The van der Waals surface area contributed by atoms with Gasteiger partial charge in [-0.3, -0.25) is 9.69 Å². The van der Waals surface area contributed by atoms with E-state index in [-0.39, 0.29) is 19.0 Å². The quantitative estimate of drug-likeness (QED) is 0.514. The third kappa shape index (κ3) is 1.96. The van der Waals surface area contributed by atoms with Gasteiger partial charge in [0.05, 0.1) is 19.3 Å². The molecule has 1 saturated heterocycles. The fourth-order valence-corrected chi connectivity index (χ4v) is 1.12. The highest BCUT2D eigenvalue weighted by Crippen LogP contribution is 2.07. The van der Waals surface area contributed by atoms with E-state index in [1.807, 2.05) is 0 Å². The standard InChI is InChI=1S/C7H12N2O4/c1-8-3-6(12)9(7(8)13)2-5(11)4-10/h5,10-11H,2-4H2,1H3. The molecule has 6 nitrogen and oxygen atoms in total. The van der Waals surface area contributed by atoms with Gasteiger partial charge in [0.1, 0.15) is 6.54 Å². The van der Waals surface area contributed by atoms with Gasteiger partial charge in [-0.2, -0.15) is 0 Å². The second kappa shape index (κ2) is 3.71. The van der Waals surface area contributed by atoms with Crippen molar-refractivity contribution in [3.8, 4) is 0 Å². The molecule has 0 bridgehead atoms. The summed E-state index contributed by atoms with van der Waals surface area (Å²) in [5, 5.41) is 17.5. The predicted molar refractivity (Wildman–Crippen MR) is 42.8 cm³/mol. The number of β-amino-alcohol motifs (C(OH)–C–C–N with tert-alkyl or cyclic N) is 1. The van der Waals surface area contributed by atoms with Crippen LogP contribution in [-0.2, 0) is 4.79 Å². The average Bonchev–Trinajstić information content (AvgIpc) is 2.32. The van der Waals surface area contributed by atoms with Crippen LogP contribution in [0.1, 0.15) is 0 Å². The van der Waals surface area contributed by atoms with Crippen LogP contribution in [0.25, 0.3) is 0 Å². The van der Waals surface area contributed by atoms with Crippen LogP contribution in [0, 0.1) is 0 Å². The smallest absolute Gasteiger partial charge is 0.327 e. The van der Waals surface area contributed by atoms with Crippen molar-refractivity contribution in [1.29, 1.82) is 0 Å². The first-order valence-electron chi connectivity index (χ1n) is 3.90. The van der Waals surface area contributed by atoms with Crippen molar-refractivity contribution < 1.29 is 19.8 Å². The zero-order valence-corrected chi connectivity index (χ0v) is 7.30. The molecule has 3 amide bonds. The van der Waals surface area contributed by atoms with Gasteiger partial charge in [-0.05, 0) is 0 Å². The number of likely N-dealkylation sites (N-methyl/N-ethyl adjacent to an activating group) is 1. The van der Waals surface area contributed by atoms with E-state index in [1.165, 1.54) is 11.9 Å². The van der Waals surface area contributed by atoms with Crippen molar-refractivity contribution in [2.75, 3.05) is 26.7 Å². The van der Waals surface area contributed by atoms with Gasteiger partial charge < -0.3 is 15.1 Å². The summed E-state index contributed by atoms with van der Waals surface area (Å²) in [5.74, 6) is -0.347. The summed E-state index contributed by atoms with van der Waals surface area (Å²) >= 11 is 0. The van der Waals surface area contributed by atoms with Crippen LogP contribution in [0.15, 0.2) is 0 Å². The van der Waals surface area contributed by atoms with Crippen LogP contribution >= 0.6 is 0 Å². The van der Waals surface area contributed by atoms with Crippen molar-refractivity contribution in [1.82, 2.24) is 9.80 Å². The summed E-state index contributed by atoms with van der Waals surface area (Å²) in [6.45, 7) is -0.559. The first-order chi connectivity index (χ1) is 6.06. The SMILES string of the molecule is CN1CC(=O)N(CC(O)CO)C1=O. The Morgan fingerprint density at radius 2 is 2.15 bits per heavy atom. The van der Waals surface area contributed by atoms with Gasteiger partial charge in [0.15, 0.2) is 0 Å². The van der Waals surface area contributed by atoms with E-state index in [0.29, 0.717) is 0 Å². The van der Waals surface area contributed by atoms with Crippen LogP contribution in [0.2, 0.25) is 0 Å². The summed E-state index contributed by atoms with van der Waals surface area (Å²) in [7, 11) is 1.51. The topological polar surface area (TPSA) is 81.1 Å². The van der Waals surface area contributed by atoms with E-state index in [0.717, 1.165) is 4.90 Å². The van der Waals surface area contributed by atoms with Gasteiger partial charge >= 0.3 is 6.03 Å². The number of hydrogen-bond acceptors (Lipinski definition) is 4. The second-order valence-electron chi connectivity index (χ2n) is 2.98. The van der Waals surface area contributed by atoms with Gasteiger partial charge in [0.25, 0.3) is 0 Å². The molecule has 0 aromatic carbocycles. The van der Waals surface area contributed by atoms with E-state index < -0.39 is 18.7 Å². The van der Waals surface area contributed by atoms with Crippen LogP contribution < -0.4 is 0 Å². The molecule has 13 heavy (non-hydrogen) atoms. The molecule has 74 valence electrons. The molecule has 1 unspecified atom stereocenters. The van der Waals surface area contributed by atoms with Gasteiger partial charge in [-0.15, -0.1) is 0 Å². The van der Waals surface area contributed by atoms with Crippen molar-refractivity contribution in [3.05, 3.63) is 0 Å². The number of aliphatic hydroxyl groups excluding tert-OH is 2. The minimum atomic E-state index is -1.06. The summed E-state index contributed by atoms with van der Waals surface area (Å²) < 4.78 is 0. The number of aliphatic hydroxyl groups is 2. The highest BCUT2D eigenvalue weighted by atomic mass is 16.3. The zero-order valence-electron chi connectivity index (χ0n) is 7.30. The number of imide groups is 1. The maximum atomic E-state index is 11.2. The fourth-order valence-electron chi connectivity index (χ4n) is 1.12. The van der Waals surface area contributed by atoms with Crippen molar-refractivity contribution >= 4 is 11.9 Å². The van der Waals surface area contributed by atoms with Crippen LogP contribution in [0.3, 0.4) is 0 Å².